The maximum Gasteiger partial charge on any atom is 0.244 e. The highest BCUT2D eigenvalue weighted by molar-refractivity contribution is 9.10. The summed E-state index contributed by atoms with van der Waals surface area (Å²) in [7, 11) is 0.296. The van der Waals surface area contributed by atoms with Gasteiger partial charge in [0.15, 0.2) is 0 Å². The molecule has 7 heteroatoms. The highest BCUT2D eigenvalue weighted by Gasteiger charge is 2.25. The quantitative estimate of drug-likeness (QED) is 0.744. The predicted octanol–water partition coefficient (Wildman–Crippen LogP) is 2.55. The third kappa shape index (κ3) is 4.51. The maximum absolute atomic E-state index is 13.1. The van der Waals surface area contributed by atoms with Gasteiger partial charge in [0.1, 0.15) is 5.82 Å². The Balaban J connectivity index is 2.94. The molecule has 0 aliphatic heterocycles. The van der Waals surface area contributed by atoms with Gasteiger partial charge in [-0.1, -0.05) is 6.92 Å². The van der Waals surface area contributed by atoms with Crippen LogP contribution in [0.1, 0.15) is 13.3 Å². The lowest BCUT2D eigenvalue weighted by Crippen LogP contribution is -2.33. The van der Waals surface area contributed by atoms with E-state index in [1.54, 1.807) is 6.92 Å². The molecule has 0 unspecified atom stereocenters. The van der Waals surface area contributed by atoms with E-state index >= 15 is 0 Å². The number of hydrogen-bond acceptors (Lipinski definition) is 3. The van der Waals surface area contributed by atoms with Gasteiger partial charge in [0.25, 0.3) is 0 Å². The van der Waals surface area contributed by atoms with E-state index < -0.39 is 15.8 Å². The lowest BCUT2D eigenvalue weighted by Gasteiger charge is -2.22. The normalized spacial score (nSPS) is 12.3. The Labute approximate surface area is 128 Å². The first-order chi connectivity index (χ1) is 9.28. The molecule has 0 bridgehead atoms. The second-order valence-electron chi connectivity index (χ2n) is 4.73. The number of hydrogen-bond donors (Lipinski definition) is 0. The topological polar surface area (TPSA) is 40.6 Å². The molecule has 0 heterocycles. The van der Waals surface area contributed by atoms with Crippen molar-refractivity contribution in [3.8, 4) is 0 Å². The van der Waals surface area contributed by atoms with Crippen LogP contribution < -0.4 is 0 Å². The highest BCUT2D eigenvalue weighted by Crippen LogP contribution is 2.25. The molecule has 0 spiro atoms. The Morgan fingerprint density at radius 1 is 1.25 bits per heavy atom. The SMILES string of the molecule is CCN(CCCN(C)C)S(=O)(=O)c1ccc(F)cc1Br. The summed E-state index contributed by atoms with van der Waals surface area (Å²) in [5.74, 6) is -0.466. The third-order valence-corrected chi connectivity index (χ3v) is 5.83. The molecular weight excluding hydrogens is 347 g/mol. The Bertz CT molecular complexity index is 549. The Morgan fingerprint density at radius 2 is 1.90 bits per heavy atom. The average Bonchev–Trinajstić information content (AvgIpc) is 2.33. The summed E-state index contributed by atoms with van der Waals surface area (Å²) in [6, 6.07) is 3.62. The van der Waals surface area contributed by atoms with Crippen molar-refractivity contribution >= 4 is 26.0 Å². The van der Waals surface area contributed by atoms with E-state index in [0.717, 1.165) is 19.0 Å². The van der Waals surface area contributed by atoms with Gasteiger partial charge in [0.2, 0.25) is 10.0 Å². The van der Waals surface area contributed by atoms with Crippen LogP contribution in [-0.2, 0) is 10.0 Å². The van der Waals surface area contributed by atoms with Gasteiger partial charge in [0, 0.05) is 17.6 Å². The molecule has 1 aromatic rings. The standard InChI is InChI=1S/C13H20BrFN2O2S/c1-4-17(9-5-8-16(2)3)20(18,19)13-7-6-11(15)10-12(13)14/h6-7,10H,4-5,8-9H2,1-3H3. The van der Waals surface area contributed by atoms with Crippen LogP contribution in [0.5, 0.6) is 0 Å². The van der Waals surface area contributed by atoms with Crippen LogP contribution >= 0.6 is 15.9 Å². The van der Waals surface area contributed by atoms with Gasteiger partial charge in [-0.05, 0) is 61.2 Å². The Hall–Kier alpha value is -0.500. The van der Waals surface area contributed by atoms with Gasteiger partial charge in [-0.15, -0.1) is 0 Å². The Kier molecular flexibility index (Phi) is 6.57. The fourth-order valence-corrected chi connectivity index (χ4v) is 4.33. The maximum atomic E-state index is 13.1. The number of nitrogens with zero attached hydrogens (tertiary/aromatic N) is 2. The van der Waals surface area contributed by atoms with E-state index in [-0.39, 0.29) is 9.37 Å². The van der Waals surface area contributed by atoms with E-state index in [2.05, 4.69) is 15.9 Å². The molecule has 0 saturated heterocycles. The molecule has 4 nitrogen and oxygen atoms in total. The molecule has 0 aromatic heterocycles. The first kappa shape index (κ1) is 17.6. The summed E-state index contributed by atoms with van der Waals surface area (Å²) in [5.41, 5.74) is 0. The second kappa shape index (κ2) is 7.49. The zero-order chi connectivity index (χ0) is 15.3. The van der Waals surface area contributed by atoms with Crippen molar-refractivity contribution in [2.75, 3.05) is 33.7 Å². The first-order valence-electron chi connectivity index (χ1n) is 6.39. The van der Waals surface area contributed by atoms with Crippen LogP contribution in [0.2, 0.25) is 0 Å². The van der Waals surface area contributed by atoms with Gasteiger partial charge in [-0.25, -0.2) is 12.8 Å². The zero-order valence-electron chi connectivity index (χ0n) is 11.9. The molecule has 0 saturated carbocycles. The van der Waals surface area contributed by atoms with E-state index in [1.165, 1.54) is 16.4 Å². The van der Waals surface area contributed by atoms with Crippen molar-refractivity contribution in [3.05, 3.63) is 28.5 Å². The highest BCUT2D eigenvalue weighted by atomic mass is 79.9. The summed E-state index contributed by atoms with van der Waals surface area (Å²) in [6.45, 7) is 3.45. The zero-order valence-corrected chi connectivity index (χ0v) is 14.3. The van der Waals surface area contributed by atoms with Crippen LogP contribution in [0.15, 0.2) is 27.6 Å². The molecule has 0 radical (unpaired) electrons. The summed E-state index contributed by atoms with van der Waals surface area (Å²) in [6.07, 6.45) is 0.749. The summed E-state index contributed by atoms with van der Waals surface area (Å²) < 4.78 is 39.8. The number of halogens is 2. The van der Waals surface area contributed by atoms with Crippen molar-refractivity contribution in [1.82, 2.24) is 9.21 Å². The first-order valence-corrected chi connectivity index (χ1v) is 8.62. The lowest BCUT2D eigenvalue weighted by molar-refractivity contribution is 0.356. The molecule has 0 aliphatic rings. The van der Waals surface area contributed by atoms with Crippen LogP contribution in [-0.4, -0.2) is 51.4 Å². The van der Waals surface area contributed by atoms with Gasteiger partial charge < -0.3 is 4.90 Å². The van der Waals surface area contributed by atoms with Crippen LogP contribution in [0, 0.1) is 5.82 Å². The van der Waals surface area contributed by atoms with Crippen molar-refractivity contribution < 1.29 is 12.8 Å². The van der Waals surface area contributed by atoms with Gasteiger partial charge >= 0.3 is 0 Å². The molecule has 20 heavy (non-hydrogen) atoms. The fourth-order valence-electron chi connectivity index (χ4n) is 1.84. The summed E-state index contributed by atoms with van der Waals surface area (Å²) in [4.78, 5) is 2.11. The molecule has 0 N–H and O–H groups in total. The number of benzene rings is 1. The van der Waals surface area contributed by atoms with Crippen LogP contribution in [0.25, 0.3) is 0 Å². The van der Waals surface area contributed by atoms with Gasteiger partial charge in [-0.2, -0.15) is 4.31 Å². The lowest BCUT2D eigenvalue weighted by atomic mass is 10.3. The predicted molar refractivity (Wildman–Crippen MR) is 81.7 cm³/mol. The van der Waals surface area contributed by atoms with Gasteiger partial charge in [-0.3, -0.25) is 0 Å². The smallest absolute Gasteiger partial charge is 0.244 e. The largest absolute Gasteiger partial charge is 0.309 e. The van der Waals surface area contributed by atoms with E-state index in [4.69, 9.17) is 0 Å². The number of rotatable bonds is 7. The van der Waals surface area contributed by atoms with E-state index in [9.17, 15) is 12.8 Å². The molecule has 0 fully saturated rings. The average molecular weight is 367 g/mol. The molecule has 114 valence electrons. The minimum absolute atomic E-state index is 0.102. The van der Waals surface area contributed by atoms with Crippen molar-refractivity contribution in [2.24, 2.45) is 0 Å². The minimum Gasteiger partial charge on any atom is -0.309 e. The van der Waals surface area contributed by atoms with Crippen molar-refractivity contribution in [1.29, 1.82) is 0 Å². The van der Waals surface area contributed by atoms with E-state index in [1.807, 2.05) is 19.0 Å². The number of sulfonamides is 1. The molecule has 1 rings (SSSR count). The molecular formula is C13H20BrFN2O2S. The molecule has 0 atom stereocenters. The van der Waals surface area contributed by atoms with E-state index in [0.29, 0.717) is 13.1 Å². The fraction of sp³-hybridized carbons (Fsp3) is 0.538. The third-order valence-electron chi connectivity index (χ3n) is 2.88. The van der Waals surface area contributed by atoms with Crippen LogP contribution in [0.4, 0.5) is 4.39 Å². The summed E-state index contributed by atoms with van der Waals surface area (Å²) in [5, 5.41) is 0. The minimum atomic E-state index is -3.60. The Morgan fingerprint density at radius 3 is 2.40 bits per heavy atom. The van der Waals surface area contributed by atoms with Crippen molar-refractivity contribution in [2.45, 2.75) is 18.2 Å². The monoisotopic (exact) mass is 366 g/mol. The van der Waals surface area contributed by atoms with Crippen molar-refractivity contribution in [3.63, 3.8) is 0 Å². The molecule has 0 amide bonds. The van der Waals surface area contributed by atoms with Gasteiger partial charge in [0.05, 0.1) is 4.90 Å². The van der Waals surface area contributed by atoms with Crippen LogP contribution in [0.3, 0.4) is 0 Å². The molecule has 1 aromatic carbocycles. The summed E-state index contributed by atoms with van der Waals surface area (Å²) >= 11 is 3.12. The second-order valence-corrected chi connectivity index (χ2v) is 7.49. The molecule has 0 aliphatic carbocycles.